The quantitative estimate of drug-likeness (QED) is 0.436. The standard InChI is InChI=1S/C14H10Cl3S2/c15-10-4-1-2-7-13(10)18-8-9-19-14-11(16)5-3-6-12(14)17/h1-8H,9H2. The molecule has 0 bridgehead atoms. The lowest BCUT2D eigenvalue weighted by Crippen LogP contribution is -1.82. The molecule has 1 radical (unpaired) electrons. The Hall–Kier alpha value is 0.01000. The minimum absolute atomic E-state index is 0.689. The number of rotatable bonds is 5. The molecule has 0 atom stereocenters. The molecule has 2 aromatic carbocycles. The molecule has 2 aromatic rings. The summed E-state index contributed by atoms with van der Waals surface area (Å²) in [5.41, 5.74) is 0. The van der Waals surface area contributed by atoms with Crippen LogP contribution in [0.25, 0.3) is 0 Å². The van der Waals surface area contributed by atoms with E-state index in [1.54, 1.807) is 23.5 Å². The minimum Gasteiger partial charge on any atom is -0.122 e. The van der Waals surface area contributed by atoms with Crippen LogP contribution in [0.4, 0.5) is 0 Å². The lowest BCUT2D eigenvalue weighted by Gasteiger charge is -2.06. The number of hydrogen-bond acceptors (Lipinski definition) is 2. The van der Waals surface area contributed by atoms with E-state index in [0.717, 1.165) is 20.6 Å². The van der Waals surface area contributed by atoms with E-state index in [1.165, 1.54) is 0 Å². The molecule has 0 aliphatic heterocycles. The fourth-order valence-corrected chi connectivity index (χ4v) is 4.04. The first-order valence-corrected chi connectivity index (χ1v) is 8.48. The fourth-order valence-electron chi connectivity index (χ4n) is 1.40. The van der Waals surface area contributed by atoms with Gasteiger partial charge < -0.3 is 0 Å². The van der Waals surface area contributed by atoms with Crippen LogP contribution < -0.4 is 0 Å². The highest BCUT2D eigenvalue weighted by Gasteiger charge is 2.06. The van der Waals surface area contributed by atoms with Crippen molar-refractivity contribution in [3.8, 4) is 0 Å². The van der Waals surface area contributed by atoms with E-state index < -0.39 is 0 Å². The smallest absolute Gasteiger partial charge is 0.0556 e. The van der Waals surface area contributed by atoms with Crippen molar-refractivity contribution in [2.24, 2.45) is 0 Å². The van der Waals surface area contributed by atoms with Crippen molar-refractivity contribution in [3.05, 3.63) is 63.3 Å². The van der Waals surface area contributed by atoms with Gasteiger partial charge in [-0.25, -0.2) is 0 Å². The normalized spacial score (nSPS) is 10.7. The molecular formula is C14H10Cl3S2. The second-order valence-corrected chi connectivity index (χ2v) is 6.84. The van der Waals surface area contributed by atoms with Gasteiger partial charge in [0, 0.05) is 21.3 Å². The molecule has 99 valence electrons. The lowest BCUT2D eigenvalue weighted by molar-refractivity contribution is 1.45. The second kappa shape index (κ2) is 7.70. The molecule has 0 aromatic heterocycles. The van der Waals surface area contributed by atoms with Gasteiger partial charge in [-0.15, -0.1) is 23.5 Å². The average Bonchev–Trinajstić information content (AvgIpc) is 2.39. The topological polar surface area (TPSA) is 0 Å². The van der Waals surface area contributed by atoms with E-state index in [9.17, 15) is 0 Å². The van der Waals surface area contributed by atoms with Crippen LogP contribution in [-0.4, -0.2) is 5.75 Å². The number of hydrogen-bond donors (Lipinski definition) is 0. The molecular weight excluding hydrogens is 339 g/mol. The van der Waals surface area contributed by atoms with E-state index in [4.69, 9.17) is 34.8 Å². The zero-order valence-corrected chi connectivity index (χ0v) is 13.7. The SMILES string of the molecule is Clc1ccccc1S[CH]CSc1c(Cl)cccc1Cl. The summed E-state index contributed by atoms with van der Waals surface area (Å²) in [5.74, 6) is 2.89. The van der Waals surface area contributed by atoms with E-state index in [1.807, 2.05) is 42.5 Å². The Bertz CT molecular complexity index is 538. The molecule has 5 heteroatoms. The maximum atomic E-state index is 6.10. The summed E-state index contributed by atoms with van der Waals surface area (Å²) < 4.78 is 0. The maximum Gasteiger partial charge on any atom is 0.0556 e. The molecule has 0 heterocycles. The van der Waals surface area contributed by atoms with Crippen LogP contribution in [-0.2, 0) is 0 Å². The Morgan fingerprint density at radius 1 is 0.842 bits per heavy atom. The molecule has 0 amide bonds. The third-order valence-electron chi connectivity index (χ3n) is 2.26. The summed E-state index contributed by atoms with van der Waals surface area (Å²) in [4.78, 5) is 1.97. The number of benzene rings is 2. The largest absolute Gasteiger partial charge is 0.122 e. The fraction of sp³-hybridized carbons (Fsp3) is 0.0714. The van der Waals surface area contributed by atoms with Crippen molar-refractivity contribution >= 4 is 58.3 Å². The van der Waals surface area contributed by atoms with Crippen molar-refractivity contribution in [3.63, 3.8) is 0 Å². The van der Waals surface area contributed by atoms with Crippen LogP contribution in [0.2, 0.25) is 15.1 Å². The molecule has 2 rings (SSSR count). The minimum atomic E-state index is 0.689. The van der Waals surface area contributed by atoms with Crippen LogP contribution >= 0.6 is 58.3 Å². The van der Waals surface area contributed by atoms with Gasteiger partial charge in [0.2, 0.25) is 0 Å². The Morgan fingerprint density at radius 3 is 2.16 bits per heavy atom. The van der Waals surface area contributed by atoms with Gasteiger partial charge in [0.05, 0.1) is 15.1 Å². The molecule has 0 nitrogen and oxygen atoms in total. The first kappa shape index (κ1) is 15.4. The van der Waals surface area contributed by atoms with Gasteiger partial charge in [-0.3, -0.25) is 0 Å². The van der Waals surface area contributed by atoms with Gasteiger partial charge >= 0.3 is 0 Å². The molecule has 19 heavy (non-hydrogen) atoms. The summed E-state index contributed by atoms with van der Waals surface area (Å²) >= 11 is 21.5. The molecule has 0 N–H and O–H groups in total. The zero-order valence-electron chi connectivity index (χ0n) is 9.78. The maximum absolute atomic E-state index is 6.10. The van der Waals surface area contributed by atoms with Gasteiger partial charge in [0.25, 0.3) is 0 Å². The highest BCUT2D eigenvalue weighted by molar-refractivity contribution is 8.04. The van der Waals surface area contributed by atoms with Crippen LogP contribution in [0.15, 0.2) is 52.3 Å². The van der Waals surface area contributed by atoms with Crippen molar-refractivity contribution in [2.45, 2.75) is 9.79 Å². The summed E-state index contributed by atoms with van der Waals surface area (Å²) in [5, 5.41) is 2.15. The highest BCUT2D eigenvalue weighted by atomic mass is 35.5. The van der Waals surface area contributed by atoms with Gasteiger partial charge in [-0.2, -0.15) is 0 Å². The number of thioether (sulfide) groups is 2. The van der Waals surface area contributed by atoms with Crippen LogP contribution in [0, 0.1) is 5.75 Å². The van der Waals surface area contributed by atoms with Crippen LogP contribution in [0.5, 0.6) is 0 Å². The van der Waals surface area contributed by atoms with Gasteiger partial charge in [-0.05, 0) is 24.3 Å². The highest BCUT2D eigenvalue weighted by Crippen LogP contribution is 2.36. The summed E-state index contributed by atoms with van der Waals surface area (Å²) in [6.07, 6.45) is 0. The average molecular weight is 349 g/mol. The van der Waals surface area contributed by atoms with Crippen LogP contribution in [0.1, 0.15) is 0 Å². The Labute approximate surface area is 136 Å². The zero-order chi connectivity index (χ0) is 13.7. The van der Waals surface area contributed by atoms with Crippen LogP contribution in [0.3, 0.4) is 0 Å². The predicted octanol–water partition coefficient (Wildman–Crippen LogP) is 6.69. The summed E-state index contributed by atoms with van der Waals surface area (Å²) in [7, 11) is 0. The predicted molar refractivity (Wildman–Crippen MR) is 88.8 cm³/mol. The van der Waals surface area contributed by atoms with Crippen molar-refractivity contribution < 1.29 is 0 Å². The van der Waals surface area contributed by atoms with Gasteiger partial charge in [-0.1, -0.05) is 53.0 Å². The third kappa shape index (κ3) is 4.51. The summed E-state index contributed by atoms with van der Waals surface area (Å²) in [6, 6.07) is 13.3. The Kier molecular flexibility index (Phi) is 6.24. The van der Waals surface area contributed by atoms with E-state index in [0.29, 0.717) is 10.0 Å². The van der Waals surface area contributed by atoms with Crippen molar-refractivity contribution in [1.82, 2.24) is 0 Å². The monoisotopic (exact) mass is 347 g/mol. The third-order valence-corrected chi connectivity index (χ3v) is 5.77. The second-order valence-electron chi connectivity index (χ2n) is 3.58. The first-order valence-electron chi connectivity index (χ1n) is 5.48. The van der Waals surface area contributed by atoms with E-state index >= 15 is 0 Å². The van der Waals surface area contributed by atoms with E-state index in [-0.39, 0.29) is 0 Å². The van der Waals surface area contributed by atoms with E-state index in [2.05, 4.69) is 5.75 Å². The number of halogens is 3. The Balaban J connectivity index is 1.86. The summed E-state index contributed by atoms with van der Waals surface area (Å²) in [6.45, 7) is 0. The molecule has 0 spiro atoms. The van der Waals surface area contributed by atoms with Gasteiger partial charge in [0.15, 0.2) is 0 Å². The molecule has 0 saturated carbocycles. The van der Waals surface area contributed by atoms with Crippen molar-refractivity contribution in [1.29, 1.82) is 0 Å². The lowest BCUT2D eigenvalue weighted by atomic mass is 10.4. The Morgan fingerprint density at radius 2 is 1.47 bits per heavy atom. The molecule has 0 aliphatic rings. The first-order chi connectivity index (χ1) is 9.18. The van der Waals surface area contributed by atoms with Gasteiger partial charge in [0.1, 0.15) is 0 Å². The molecule has 0 aliphatic carbocycles. The molecule has 0 fully saturated rings. The van der Waals surface area contributed by atoms with Crippen molar-refractivity contribution in [2.75, 3.05) is 5.75 Å². The molecule has 0 unspecified atom stereocenters. The molecule has 0 saturated heterocycles.